The summed E-state index contributed by atoms with van der Waals surface area (Å²) in [5.74, 6) is -0.112. The second-order valence-corrected chi connectivity index (χ2v) is 9.21. The molecule has 0 atom stereocenters. The second-order valence-electron chi connectivity index (χ2n) is 8.18. The van der Waals surface area contributed by atoms with E-state index in [9.17, 15) is 25.0 Å². The molecule has 0 aliphatic carbocycles. The molecule has 9 nitrogen and oxygen atoms in total. The molecule has 0 saturated heterocycles. The van der Waals surface area contributed by atoms with Crippen LogP contribution in [0.5, 0.6) is 0 Å². The molecule has 39 heavy (non-hydrogen) atoms. The molecule has 0 spiro atoms. The second kappa shape index (κ2) is 10.8. The number of aromatic nitrogens is 1. The van der Waals surface area contributed by atoms with Crippen molar-refractivity contribution in [3.05, 3.63) is 132 Å². The average molecular weight is 535 g/mol. The molecule has 5 rings (SSSR count). The number of benzene rings is 3. The van der Waals surface area contributed by atoms with E-state index in [0.29, 0.717) is 16.9 Å². The van der Waals surface area contributed by atoms with Crippen LogP contribution < -0.4 is 20.1 Å². The van der Waals surface area contributed by atoms with Crippen LogP contribution >= 0.6 is 11.3 Å². The first-order chi connectivity index (χ1) is 19.0. The molecule has 1 amide bonds. The summed E-state index contributed by atoms with van der Waals surface area (Å²) in [6.07, 6.45) is 1.48. The van der Waals surface area contributed by atoms with Crippen molar-refractivity contribution in [1.82, 2.24) is 4.57 Å². The van der Waals surface area contributed by atoms with Gasteiger partial charge in [-0.3, -0.25) is 24.3 Å². The lowest BCUT2D eigenvalue weighted by Gasteiger charge is -2.05. The average Bonchev–Trinajstić information content (AvgIpc) is 3.54. The van der Waals surface area contributed by atoms with Crippen molar-refractivity contribution >= 4 is 40.3 Å². The van der Waals surface area contributed by atoms with Crippen molar-refractivity contribution in [2.75, 3.05) is 5.32 Å². The maximum atomic E-state index is 13.6. The maximum absolute atomic E-state index is 13.6. The molecule has 0 saturated carbocycles. The summed E-state index contributed by atoms with van der Waals surface area (Å²) in [6.45, 7) is 0. The minimum absolute atomic E-state index is 0.110. The summed E-state index contributed by atoms with van der Waals surface area (Å²) >= 11 is 0.967. The third-order valence-electron chi connectivity index (χ3n) is 5.69. The van der Waals surface area contributed by atoms with Crippen LogP contribution in [0.25, 0.3) is 28.7 Å². The van der Waals surface area contributed by atoms with E-state index in [0.717, 1.165) is 11.3 Å². The molecular formula is C29H18N4O5S. The fourth-order valence-corrected chi connectivity index (χ4v) is 5.00. The van der Waals surface area contributed by atoms with Gasteiger partial charge in [0.05, 0.1) is 20.7 Å². The summed E-state index contributed by atoms with van der Waals surface area (Å²) in [5.41, 5.74) is 0.489. The van der Waals surface area contributed by atoms with Crippen LogP contribution in [-0.2, 0) is 4.79 Å². The number of hydrogen-bond donors (Lipinski definition) is 1. The minimum Gasteiger partial charge on any atom is -0.456 e. The highest BCUT2D eigenvalue weighted by molar-refractivity contribution is 7.07. The molecule has 0 aliphatic heterocycles. The number of para-hydroxylation sites is 3. The Hall–Kier alpha value is -5.53. The molecule has 0 aliphatic rings. The molecule has 2 heterocycles. The minimum atomic E-state index is -0.655. The Kier molecular flexibility index (Phi) is 6.98. The first kappa shape index (κ1) is 25.1. The largest absolute Gasteiger partial charge is 0.456 e. The van der Waals surface area contributed by atoms with Crippen LogP contribution in [0.1, 0.15) is 5.76 Å². The number of anilines is 1. The van der Waals surface area contributed by atoms with E-state index in [1.807, 2.05) is 6.07 Å². The predicted molar refractivity (Wildman–Crippen MR) is 148 cm³/mol. The van der Waals surface area contributed by atoms with E-state index in [1.165, 1.54) is 16.7 Å². The van der Waals surface area contributed by atoms with E-state index >= 15 is 0 Å². The normalized spacial score (nSPS) is 12.0. The molecule has 0 radical (unpaired) electrons. The number of furan rings is 1. The zero-order chi connectivity index (χ0) is 27.4. The lowest BCUT2D eigenvalue weighted by atomic mass is 10.1. The van der Waals surface area contributed by atoms with Crippen molar-refractivity contribution in [2.45, 2.75) is 0 Å². The topological polar surface area (TPSA) is 131 Å². The molecule has 2 aromatic heterocycles. The van der Waals surface area contributed by atoms with Crippen molar-refractivity contribution in [2.24, 2.45) is 0 Å². The van der Waals surface area contributed by atoms with Crippen molar-refractivity contribution < 1.29 is 14.1 Å². The summed E-state index contributed by atoms with van der Waals surface area (Å²) in [4.78, 5) is 37.6. The number of carbonyl (C=O) groups excluding carboxylic acids is 1. The van der Waals surface area contributed by atoms with Crippen LogP contribution in [0.2, 0.25) is 0 Å². The van der Waals surface area contributed by atoms with E-state index in [2.05, 4.69) is 5.32 Å². The van der Waals surface area contributed by atoms with Gasteiger partial charge in [0.15, 0.2) is 5.57 Å². The fraction of sp³-hybridized carbons (Fsp3) is 0. The number of nitriles is 1. The number of nitrogens with zero attached hydrogens (tertiary/aromatic N) is 3. The van der Waals surface area contributed by atoms with Crippen LogP contribution in [0.4, 0.5) is 11.4 Å². The van der Waals surface area contributed by atoms with E-state index in [4.69, 9.17) is 4.42 Å². The fourth-order valence-electron chi connectivity index (χ4n) is 3.92. The number of nitro benzene ring substituents is 1. The molecular weight excluding hydrogens is 516 g/mol. The molecule has 10 heteroatoms. The standard InChI is InChI=1S/C29H18N4O5S/c30-18-23(27(34)31-19-9-3-1-4-10-19)29-32(20-11-5-2-6-12-20)28(35)26(39-29)17-21-15-16-25(38-21)22-13-7-8-14-24(22)33(36)37/h1-17H,(H,31,34)/b26-17+,29-23-. The van der Waals surface area contributed by atoms with Gasteiger partial charge in [-0.25, -0.2) is 0 Å². The molecule has 0 unspecified atom stereocenters. The Bertz CT molecular complexity index is 1920. The third kappa shape index (κ3) is 5.16. The predicted octanol–water partition coefficient (Wildman–Crippen LogP) is 4.21. The van der Waals surface area contributed by atoms with Gasteiger partial charge in [0.25, 0.3) is 17.2 Å². The van der Waals surface area contributed by atoms with Gasteiger partial charge < -0.3 is 9.73 Å². The van der Waals surface area contributed by atoms with Crippen molar-refractivity contribution in [3.63, 3.8) is 0 Å². The lowest BCUT2D eigenvalue weighted by molar-refractivity contribution is -0.384. The number of nitrogens with one attached hydrogen (secondary N) is 1. The SMILES string of the molecule is N#C/C(C(=O)Nc1ccccc1)=c1/s/c(=C/c2ccc(-c3ccccc3[N+](=O)[O-])o2)c(=O)n1-c1ccccc1. The zero-order valence-electron chi connectivity index (χ0n) is 20.1. The quantitative estimate of drug-likeness (QED) is 0.257. The van der Waals surface area contributed by atoms with Gasteiger partial charge in [0.2, 0.25) is 0 Å². The number of rotatable bonds is 6. The van der Waals surface area contributed by atoms with Crippen LogP contribution in [0.15, 0.2) is 106 Å². The van der Waals surface area contributed by atoms with E-state index in [1.54, 1.807) is 91.0 Å². The van der Waals surface area contributed by atoms with Crippen LogP contribution in [-0.4, -0.2) is 15.4 Å². The van der Waals surface area contributed by atoms with Crippen molar-refractivity contribution in [1.29, 1.82) is 5.26 Å². The Morgan fingerprint density at radius 2 is 1.64 bits per heavy atom. The van der Waals surface area contributed by atoms with E-state index < -0.39 is 16.4 Å². The molecule has 3 aromatic carbocycles. The van der Waals surface area contributed by atoms with Crippen LogP contribution in [0, 0.1) is 21.4 Å². The molecule has 5 aromatic rings. The third-order valence-corrected chi connectivity index (χ3v) is 6.78. The van der Waals surface area contributed by atoms with Gasteiger partial charge in [0.1, 0.15) is 22.3 Å². The molecule has 190 valence electrons. The summed E-state index contributed by atoms with van der Waals surface area (Å²) in [7, 11) is 0. The Balaban J connectivity index is 1.67. The number of thiazole rings is 1. The lowest BCUT2D eigenvalue weighted by Crippen LogP contribution is -2.32. The van der Waals surface area contributed by atoms with Gasteiger partial charge in [-0.05, 0) is 42.5 Å². The number of nitro groups is 1. The summed E-state index contributed by atoms with van der Waals surface area (Å²) < 4.78 is 7.50. The van der Waals surface area contributed by atoms with Crippen molar-refractivity contribution in [3.8, 4) is 23.1 Å². The molecule has 1 N–H and O–H groups in total. The van der Waals surface area contributed by atoms with Gasteiger partial charge >= 0.3 is 0 Å². The first-order valence-corrected chi connectivity index (χ1v) is 12.4. The first-order valence-electron chi connectivity index (χ1n) is 11.6. The highest BCUT2D eigenvalue weighted by Crippen LogP contribution is 2.30. The van der Waals surface area contributed by atoms with Gasteiger partial charge in [-0.1, -0.05) is 48.5 Å². The smallest absolute Gasteiger partial charge is 0.280 e. The summed E-state index contributed by atoms with van der Waals surface area (Å²) in [5, 5.41) is 24.1. The Morgan fingerprint density at radius 3 is 2.33 bits per heavy atom. The molecule has 0 bridgehead atoms. The molecule has 0 fully saturated rings. The van der Waals surface area contributed by atoms with Gasteiger partial charge in [0, 0.05) is 17.8 Å². The Labute approximate surface area is 225 Å². The van der Waals surface area contributed by atoms with Gasteiger partial charge in [-0.15, -0.1) is 11.3 Å². The Morgan fingerprint density at radius 1 is 0.974 bits per heavy atom. The van der Waals surface area contributed by atoms with E-state index in [-0.39, 0.29) is 32.0 Å². The maximum Gasteiger partial charge on any atom is 0.280 e. The van der Waals surface area contributed by atoms with Gasteiger partial charge in [-0.2, -0.15) is 5.26 Å². The number of amides is 1. The highest BCUT2D eigenvalue weighted by atomic mass is 32.1. The summed E-state index contributed by atoms with van der Waals surface area (Å²) in [6, 6.07) is 28.7. The zero-order valence-corrected chi connectivity index (χ0v) is 20.9. The monoisotopic (exact) mass is 534 g/mol. The highest BCUT2D eigenvalue weighted by Gasteiger charge is 2.19. The van der Waals surface area contributed by atoms with Crippen LogP contribution in [0.3, 0.4) is 0 Å². The number of hydrogen-bond acceptors (Lipinski definition) is 7. The number of carbonyl (C=O) groups is 1.